The third-order valence-electron chi connectivity index (χ3n) is 23.1. The highest BCUT2D eigenvalue weighted by Gasteiger charge is 2.70. The van der Waals surface area contributed by atoms with Crippen LogP contribution in [0.1, 0.15) is 120 Å². The van der Waals surface area contributed by atoms with Crippen LogP contribution >= 0.6 is 0 Å². The lowest BCUT2D eigenvalue weighted by molar-refractivity contribution is -0.361. The summed E-state index contributed by atoms with van der Waals surface area (Å²) in [5, 5.41) is 161. The van der Waals surface area contributed by atoms with Gasteiger partial charge in [-0.2, -0.15) is 0 Å². The molecular weight excluding hydrogens is 1140 g/mol. The number of carbonyl (C=O) groups is 2. The summed E-state index contributed by atoms with van der Waals surface area (Å²) in [7, 11) is 0. The van der Waals surface area contributed by atoms with Gasteiger partial charge in [0.2, 0.25) is 6.29 Å². The number of esters is 1. The fourth-order valence-corrected chi connectivity index (χ4v) is 17.6. The van der Waals surface area contributed by atoms with Gasteiger partial charge in [-0.05, 0) is 116 Å². The summed E-state index contributed by atoms with van der Waals surface area (Å²) >= 11 is 0. The van der Waals surface area contributed by atoms with E-state index in [2.05, 4.69) is 54.5 Å². The molecule has 9 fully saturated rings. The van der Waals surface area contributed by atoms with E-state index in [0.717, 1.165) is 12.8 Å². The average molecular weight is 1240 g/mol. The van der Waals surface area contributed by atoms with Gasteiger partial charge >= 0.3 is 11.9 Å². The lowest BCUT2D eigenvalue weighted by Crippen LogP contribution is -2.66. The number of fused-ring (bicyclic) bond motifs is 7. The number of rotatable bonds is 14. The fourth-order valence-electron chi connectivity index (χ4n) is 17.6. The van der Waals surface area contributed by atoms with Gasteiger partial charge in [-0.1, -0.05) is 60.1 Å². The quantitative estimate of drug-likeness (QED) is 0.0488. The number of aliphatic hydroxyl groups excluding tert-OH is 14. The van der Waals surface area contributed by atoms with Gasteiger partial charge in [0.15, 0.2) is 31.3 Å². The number of aliphatic carboxylic acids is 1. The summed E-state index contributed by atoms with van der Waals surface area (Å²) in [5.74, 6) is -2.22. The minimum atomic E-state index is -1.90. The first-order chi connectivity index (χ1) is 40.2. The molecule has 27 heteroatoms. The summed E-state index contributed by atoms with van der Waals surface area (Å²) in [6.45, 7) is 14.9. The van der Waals surface area contributed by atoms with Crippen molar-refractivity contribution in [3.63, 3.8) is 0 Å². The van der Waals surface area contributed by atoms with Gasteiger partial charge in [-0.3, -0.25) is 4.79 Å². The Hall–Kier alpha value is -2.24. The molecule has 10 rings (SSSR count). The zero-order valence-electron chi connectivity index (χ0n) is 50.0. The van der Waals surface area contributed by atoms with Crippen molar-refractivity contribution in [3.05, 3.63) is 11.6 Å². The lowest BCUT2D eigenvalue weighted by atomic mass is 9.33. The molecule has 86 heavy (non-hydrogen) atoms. The maximum Gasteiger partial charge on any atom is 0.335 e. The van der Waals surface area contributed by atoms with Crippen LogP contribution in [0.25, 0.3) is 0 Å². The van der Waals surface area contributed by atoms with E-state index in [0.29, 0.717) is 51.4 Å². The molecule has 5 heterocycles. The first-order valence-electron chi connectivity index (χ1n) is 30.6. The molecule has 0 bridgehead atoms. The van der Waals surface area contributed by atoms with Gasteiger partial charge < -0.3 is 124 Å². The average Bonchev–Trinajstić information content (AvgIpc) is 0.783. The zero-order valence-corrected chi connectivity index (χ0v) is 50.0. The molecule has 32 atom stereocenters. The Balaban J connectivity index is 0.816. The minimum absolute atomic E-state index is 0.0668. The summed E-state index contributed by atoms with van der Waals surface area (Å²) < 4.78 is 58.4. The van der Waals surface area contributed by atoms with Crippen LogP contribution in [0.2, 0.25) is 0 Å². The first-order valence-corrected chi connectivity index (χ1v) is 30.6. The Morgan fingerprint density at radius 1 is 0.547 bits per heavy atom. The topological polar surface area (TPSA) is 430 Å². The molecule has 0 aromatic heterocycles. The molecule has 15 N–H and O–H groups in total. The highest BCUT2D eigenvalue weighted by Crippen LogP contribution is 2.76. The third kappa shape index (κ3) is 11.0. The number of allylic oxidation sites excluding steroid dienone is 2. The fraction of sp³-hybridized carbons (Fsp3) is 0.932. The number of carboxylic acid groups (broad SMARTS) is 1. The SMILES string of the molecule is C[C@@H]1O[C@@H](O[C@H]2[C@H](O)[C@@H](O)[C@H](OC[C@H]3O[C@@H](OC(=O)[C@]45CCC(C)(C)C[C@H]4C4=CC[C@@H]6[C@@]7(C)CC[C@H](O[C@@H]8O[C@H](C(=O)O)[C@@H](O[C@@H]9O[C@@H](CO)[C@H](O)[C@H]9O)[C@H](O)[C@H]8O)C(C)(C)[C@@H]7CC[C@@]6(C)[C@]4(C)CC5)[C@H](O)[C@@H](O)[C@@H]3O)O[C@@H]2CO)[C@H](O)[C@H](O)[C@H]1O. The van der Waals surface area contributed by atoms with Crippen molar-refractivity contribution in [1.29, 1.82) is 0 Å². The highest BCUT2D eigenvalue weighted by atomic mass is 16.8. The zero-order chi connectivity index (χ0) is 62.9. The second-order valence-corrected chi connectivity index (χ2v) is 28.7. The van der Waals surface area contributed by atoms with Gasteiger partial charge in [-0.15, -0.1) is 0 Å². The van der Waals surface area contributed by atoms with Crippen LogP contribution in [0.5, 0.6) is 0 Å². The van der Waals surface area contributed by atoms with E-state index in [1.807, 2.05) is 0 Å². The van der Waals surface area contributed by atoms with Crippen molar-refractivity contribution in [2.75, 3.05) is 19.8 Å². The Bertz CT molecular complexity index is 2450. The normalized spacial score (nSPS) is 53.4. The van der Waals surface area contributed by atoms with Crippen LogP contribution in [0.4, 0.5) is 0 Å². The number of hydrogen-bond donors (Lipinski definition) is 15. The number of carbonyl (C=O) groups excluding carboxylic acids is 1. The molecule has 5 saturated heterocycles. The largest absolute Gasteiger partial charge is 0.479 e. The monoisotopic (exact) mass is 1230 g/mol. The molecule has 0 unspecified atom stereocenters. The molecule has 4 saturated carbocycles. The Labute approximate surface area is 499 Å². The molecule has 0 spiro atoms. The van der Waals surface area contributed by atoms with Crippen LogP contribution in [-0.2, 0) is 57.0 Å². The van der Waals surface area contributed by atoms with Crippen LogP contribution in [0, 0.1) is 50.2 Å². The predicted octanol–water partition coefficient (Wildman–Crippen LogP) is -2.45. The molecule has 0 radical (unpaired) electrons. The molecule has 27 nitrogen and oxygen atoms in total. The predicted molar refractivity (Wildman–Crippen MR) is 289 cm³/mol. The Morgan fingerprint density at radius 2 is 1.09 bits per heavy atom. The van der Waals surface area contributed by atoms with E-state index >= 15 is 4.79 Å². The van der Waals surface area contributed by atoms with Gasteiger partial charge in [0.1, 0.15) is 104 Å². The van der Waals surface area contributed by atoms with Crippen molar-refractivity contribution in [3.8, 4) is 0 Å². The minimum Gasteiger partial charge on any atom is -0.479 e. The van der Waals surface area contributed by atoms with Crippen LogP contribution in [-0.4, -0.2) is 262 Å². The summed E-state index contributed by atoms with van der Waals surface area (Å²) in [6.07, 6.45) is -31.7. The molecule has 0 aromatic rings. The maximum atomic E-state index is 15.2. The molecular formula is C59H94O27. The van der Waals surface area contributed by atoms with E-state index in [1.54, 1.807) is 0 Å². The van der Waals surface area contributed by atoms with E-state index in [4.69, 9.17) is 47.4 Å². The second-order valence-electron chi connectivity index (χ2n) is 28.7. The number of ether oxygens (including phenoxy) is 10. The van der Waals surface area contributed by atoms with Crippen molar-refractivity contribution < 1.29 is 134 Å². The number of hydrogen-bond acceptors (Lipinski definition) is 26. The highest BCUT2D eigenvalue weighted by molar-refractivity contribution is 5.79. The second kappa shape index (κ2) is 24.3. The summed E-state index contributed by atoms with van der Waals surface area (Å²) in [4.78, 5) is 27.9. The van der Waals surface area contributed by atoms with E-state index in [-0.39, 0.29) is 39.4 Å². The van der Waals surface area contributed by atoms with Gasteiger partial charge in [0, 0.05) is 0 Å². The van der Waals surface area contributed by atoms with E-state index < -0.39 is 196 Å². The standard InChI is InChI=1S/C59H94O27/c1-23-32(62)35(65)40(70)49(78-23)83-44-27(21-61)80-48(42(72)37(44)67)77-22-28-34(64)36(66)41(71)51(81-28)86-53(76)59-17-15-54(2,3)19-25(59)24-9-10-30-56(6)13-12-31(55(4,5)29(56)11-14-58(30,8)57(24,7)16-18-59)82-52-43(73)38(68)45(46(85-52)47(74)75)84-50-39(69)33(63)26(20-60)79-50/h9,23,25-46,48-52,60-73H,10-22H2,1-8H3,(H,74,75)/t23-,25-,26-,27+,28+,29-,30+,31-,32-,33-,34+,35+,36-,37+,38+,39+,40+,41+,42+,43+,44+,45-,46-,48+,49-,50-,51-,52+,56-,57+,58+,59-/m0/s1. The van der Waals surface area contributed by atoms with Crippen molar-refractivity contribution >= 4 is 11.9 Å². The van der Waals surface area contributed by atoms with Crippen LogP contribution in [0.3, 0.4) is 0 Å². The lowest BCUT2D eigenvalue weighted by Gasteiger charge is -2.71. The Kier molecular flexibility index (Phi) is 18.9. The van der Waals surface area contributed by atoms with Crippen molar-refractivity contribution in [1.82, 2.24) is 0 Å². The van der Waals surface area contributed by atoms with Crippen LogP contribution < -0.4 is 0 Å². The van der Waals surface area contributed by atoms with Crippen molar-refractivity contribution in [2.24, 2.45) is 50.2 Å². The number of carboxylic acids is 1. The van der Waals surface area contributed by atoms with Gasteiger partial charge in [0.25, 0.3) is 0 Å². The third-order valence-corrected chi connectivity index (χ3v) is 23.1. The first kappa shape index (κ1) is 66.7. The molecule has 0 amide bonds. The molecule has 0 aromatic carbocycles. The van der Waals surface area contributed by atoms with E-state index in [1.165, 1.54) is 12.5 Å². The van der Waals surface area contributed by atoms with Gasteiger partial charge in [0.05, 0.1) is 37.4 Å². The molecule has 5 aliphatic carbocycles. The molecule has 492 valence electrons. The van der Waals surface area contributed by atoms with E-state index in [9.17, 15) is 81.4 Å². The maximum absolute atomic E-state index is 15.2. The molecule has 10 aliphatic rings. The summed E-state index contributed by atoms with van der Waals surface area (Å²) in [5.41, 5.74) is -1.54. The molecule has 5 aliphatic heterocycles. The van der Waals surface area contributed by atoms with Gasteiger partial charge in [-0.25, -0.2) is 4.79 Å². The number of aliphatic hydroxyl groups is 14. The smallest absolute Gasteiger partial charge is 0.335 e. The van der Waals surface area contributed by atoms with Crippen LogP contribution in [0.15, 0.2) is 11.6 Å². The Morgan fingerprint density at radius 3 is 1.76 bits per heavy atom. The summed E-state index contributed by atoms with van der Waals surface area (Å²) in [6, 6.07) is 0. The van der Waals surface area contributed by atoms with Crippen molar-refractivity contribution in [2.45, 2.75) is 273 Å².